The zero-order chi connectivity index (χ0) is 4.83. The van der Waals surface area contributed by atoms with Crippen molar-refractivity contribution in [1.29, 1.82) is 0 Å². The van der Waals surface area contributed by atoms with Gasteiger partial charge in [-0.2, -0.15) is 0 Å². The van der Waals surface area contributed by atoms with Crippen molar-refractivity contribution in [2.45, 2.75) is 6.92 Å². The fraction of sp³-hybridized carbons (Fsp3) is 1.00. The smallest absolute Gasteiger partial charge is 0.0664 e. The van der Waals surface area contributed by atoms with Gasteiger partial charge in [0.25, 0.3) is 0 Å². The summed E-state index contributed by atoms with van der Waals surface area (Å²) in [7, 11) is 0. The van der Waals surface area contributed by atoms with Gasteiger partial charge in [0, 0.05) is 0 Å². The zero-order valence-corrected chi connectivity index (χ0v) is 6.06. The number of rotatable bonds is 3. The minimum absolute atomic E-state index is 0. The van der Waals surface area contributed by atoms with Gasteiger partial charge in [0.2, 0.25) is 0 Å². The summed E-state index contributed by atoms with van der Waals surface area (Å²) in [6.07, 6.45) is 1.91. The van der Waals surface area contributed by atoms with Crippen molar-refractivity contribution in [3.8, 4) is 0 Å². The average Bonchev–Trinajstić information content (AvgIpc) is 1.61. The number of hydrogen-bond donors (Lipinski definition) is 1. The normalized spacial score (nSPS) is 7.71. The van der Waals surface area contributed by atoms with Crippen LogP contribution in [0.4, 0.5) is 0 Å². The highest BCUT2D eigenvalue weighted by Crippen LogP contribution is 1.78. The molecule has 0 saturated heterocycles. The van der Waals surface area contributed by atoms with E-state index in [9.17, 15) is 0 Å². The van der Waals surface area contributed by atoms with Gasteiger partial charge in [-0.05, 0) is 13.2 Å². The SMILES string of the molecule is CCONSC.Cl. The van der Waals surface area contributed by atoms with Crippen LogP contribution in [0.5, 0.6) is 0 Å². The lowest BCUT2D eigenvalue weighted by molar-refractivity contribution is 0.114. The maximum Gasteiger partial charge on any atom is 0.0664 e. The van der Waals surface area contributed by atoms with Crippen LogP contribution in [-0.2, 0) is 4.84 Å². The van der Waals surface area contributed by atoms with Crippen LogP contribution in [0.15, 0.2) is 0 Å². The van der Waals surface area contributed by atoms with Crippen molar-refractivity contribution >= 4 is 24.4 Å². The Morgan fingerprint density at radius 3 is 2.43 bits per heavy atom. The first-order valence-electron chi connectivity index (χ1n) is 1.81. The molecule has 0 aromatic heterocycles. The van der Waals surface area contributed by atoms with Crippen LogP contribution >= 0.6 is 24.4 Å². The molecule has 0 spiro atoms. The van der Waals surface area contributed by atoms with Gasteiger partial charge in [0.1, 0.15) is 0 Å². The summed E-state index contributed by atoms with van der Waals surface area (Å²) in [5.74, 6) is 0. The highest BCUT2D eigenvalue weighted by Gasteiger charge is 1.69. The van der Waals surface area contributed by atoms with Gasteiger partial charge < -0.3 is 0 Å². The molecule has 0 heterocycles. The van der Waals surface area contributed by atoms with Crippen LogP contribution in [0.1, 0.15) is 6.92 Å². The molecule has 0 saturated carbocycles. The summed E-state index contributed by atoms with van der Waals surface area (Å²) in [4.78, 5) is 7.31. The van der Waals surface area contributed by atoms with E-state index in [4.69, 9.17) is 4.84 Å². The molecule has 0 aromatic carbocycles. The van der Waals surface area contributed by atoms with Crippen LogP contribution in [-0.4, -0.2) is 12.9 Å². The lowest BCUT2D eigenvalue weighted by atomic mass is 10.9. The molecular formula is C3H10ClNOS. The summed E-state index contributed by atoms with van der Waals surface area (Å²) < 4.78 is 0. The minimum atomic E-state index is 0. The van der Waals surface area contributed by atoms with Gasteiger partial charge in [0.15, 0.2) is 0 Å². The Kier molecular flexibility index (Phi) is 14.7. The number of hydrogen-bond acceptors (Lipinski definition) is 3. The fourth-order valence-corrected chi connectivity index (χ4v) is 0.354. The Morgan fingerprint density at radius 1 is 1.71 bits per heavy atom. The van der Waals surface area contributed by atoms with Crippen LogP contribution in [0.2, 0.25) is 0 Å². The van der Waals surface area contributed by atoms with Crippen molar-refractivity contribution in [2.75, 3.05) is 12.9 Å². The van der Waals surface area contributed by atoms with E-state index in [-0.39, 0.29) is 12.4 Å². The van der Waals surface area contributed by atoms with Crippen molar-refractivity contribution in [1.82, 2.24) is 4.89 Å². The molecule has 0 aliphatic carbocycles. The number of nitrogens with one attached hydrogen (secondary N) is 1. The van der Waals surface area contributed by atoms with E-state index >= 15 is 0 Å². The van der Waals surface area contributed by atoms with Gasteiger partial charge in [-0.15, -0.1) is 17.3 Å². The molecule has 0 amide bonds. The Hall–Kier alpha value is 0.560. The summed E-state index contributed by atoms with van der Waals surface area (Å²) in [5, 5.41) is 0. The minimum Gasteiger partial charge on any atom is -0.292 e. The molecule has 7 heavy (non-hydrogen) atoms. The summed E-state index contributed by atoms with van der Waals surface area (Å²) in [6, 6.07) is 0. The highest BCUT2D eigenvalue weighted by molar-refractivity contribution is 7.96. The lowest BCUT2D eigenvalue weighted by Crippen LogP contribution is -2.01. The Morgan fingerprint density at radius 2 is 2.29 bits per heavy atom. The van der Waals surface area contributed by atoms with Gasteiger partial charge in [-0.1, -0.05) is 11.9 Å². The third-order valence-electron chi connectivity index (χ3n) is 0.287. The van der Waals surface area contributed by atoms with E-state index in [0.717, 1.165) is 6.61 Å². The third kappa shape index (κ3) is 10.8. The van der Waals surface area contributed by atoms with E-state index in [1.165, 1.54) is 11.9 Å². The molecule has 0 aliphatic heterocycles. The van der Waals surface area contributed by atoms with Crippen molar-refractivity contribution in [3.05, 3.63) is 0 Å². The second kappa shape index (κ2) is 9.75. The van der Waals surface area contributed by atoms with E-state index in [1.807, 2.05) is 13.2 Å². The average molecular weight is 144 g/mol. The third-order valence-corrected chi connectivity index (χ3v) is 0.571. The van der Waals surface area contributed by atoms with Gasteiger partial charge in [0.05, 0.1) is 6.61 Å². The van der Waals surface area contributed by atoms with E-state index in [0.29, 0.717) is 0 Å². The standard InChI is InChI=1S/C3H9NOS.ClH/c1-3-5-4-6-2;/h4H,3H2,1-2H3;1H. The molecule has 0 rings (SSSR count). The first-order chi connectivity index (χ1) is 2.91. The van der Waals surface area contributed by atoms with Crippen molar-refractivity contribution in [2.24, 2.45) is 0 Å². The van der Waals surface area contributed by atoms with Crippen molar-refractivity contribution in [3.63, 3.8) is 0 Å². The first kappa shape index (κ1) is 10.5. The van der Waals surface area contributed by atoms with Crippen LogP contribution in [0.3, 0.4) is 0 Å². The second-order valence-electron chi connectivity index (χ2n) is 0.720. The lowest BCUT2D eigenvalue weighted by Gasteiger charge is -1.93. The van der Waals surface area contributed by atoms with Gasteiger partial charge in [-0.25, -0.2) is 0 Å². The second-order valence-corrected chi connectivity index (χ2v) is 1.30. The van der Waals surface area contributed by atoms with Crippen LogP contribution in [0.25, 0.3) is 0 Å². The molecule has 0 bridgehead atoms. The molecule has 0 radical (unpaired) electrons. The predicted octanol–water partition coefficient (Wildman–Crippen LogP) is 1.23. The summed E-state index contributed by atoms with van der Waals surface area (Å²) >= 11 is 1.45. The predicted molar refractivity (Wildman–Crippen MR) is 35.5 cm³/mol. The topological polar surface area (TPSA) is 21.3 Å². The van der Waals surface area contributed by atoms with Gasteiger partial charge >= 0.3 is 0 Å². The molecule has 0 aromatic rings. The Labute approximate surface area is 54.5 Å². The van der Waals surface area contributed by atoms with E-state index in [2.05, 4.69) is 4.89 Å². The van der Waals surface area contributed by atoms with Crippen LogP contribution < -0.4 is 4.89 Å². The van der Waals surface area contributed by atoms with Crippen LogP contribution in [0, 0.1) is 0 Å². The summed E-state index contributed by atoms with van der Waals surface area (Å²) in [6.45, 7) is 2.66. The molecule has 1 N–H and O–H groups in total. The Bertz CT molecular complexity index is 26.9. The monoisotopic (exact) mass is 143 g/mol. The quantitative estimate of drug-likeness (QED) is 0.365. The maximum absolute atomic E-state index is 4.70. The molecule has 0 aliphatic rings. The first-order valence-corrected chi connectivity index (χ1v) is 3.04. The maximum atomic E-state index is 4.70. The summed E-state index contributed by atoms with van der Waals surface area (Å²) in [5.41, 5.74) is 0. The molecule has 46 valence electrons. The molecule has 0 atom stereocenters. The molecule has 0 fully saturated rings. The van der Waals surface area contributed by atoms with Crippen molar-refractivity contribution < 1.29 is 4.84 Å². The molecule has 0 unspecified atom stereocenters. The van der Waals surface area contributed by atoms with Gasteiger partial charge in [-0.3, -0.25) is 4.84 Å². The highest BCUT2D eigenvalue weighted by atomic mass is 35.5. The molecule has 2 nitrogen and oxygen atoms in total. The van der Waals surface area contributed by atoms with E-state index < -0.39 is 0 Å². The zero-order valence-electron chi connectivity index (χ0n) is 4.43. The van der Waals surface area contributed by atoms with E-state index in [1.54, 1.807) is 0 Å². The molecule has 4 heteroatoms. The number of halogens is 1. The largest absolute Gasteiger partial charge is 0.292 e. The molecular weight excluding hydrogens is 134 g/mol. The Balaban J connectivity index is 0. The fourth-order valence-electron chi connectivity index (χ4n) is 0.118.